The fraction of sp³-hybridized carbons (Fsp3) is 0.529. The first-order valence-corrected chi connectivity index (χ1v) is 8.14. The second-order valence-corrected chi connectivity index (χ2v) is 7.25. The first-order valence-electron chi connectivity index (χ1n) is 8.14. The van der Waals surface area contributed by atoms with Gasteiger partial charge in [0.2, 0.25) is 0 Å². The van der Waals surface area contributed by atoms with Gasteiger partial charge in [-0.05, 0) is 31.0 Å². The Kier molecular flexibility index (Phi) is 2.97. The molecule has 23 heavy (non-hydrogen) atoms. The molecule has 4 N–H and O–H groups in total. The van der Waals surface area contributed by atoms with Gasteiger partial charge in [-0.15, -0.1) is 0 Å². The third-order valence-corrected chi connectivity index (χ3v) is 5.84. The number of carbonyl (C=O) groups is 1. The van der Waals surface area contributed by atoms with E-state index in [1.807, 2.05) is 25.1 Å². The number of piperidine rings is 1. The molecule has 6 heteroatoms. The van der Waals surface area contributed by atoms with Crippen LogP contribution in [0, 0.1) is 11.3 Å². The first kappa shape index (κ1) is 14.5. The van der Waals surface area contributed by atoms with Crippen LogP contribution >= 0.6 is 0 Å². The normalized spacial score (nSPS) is 33.2. The molecule has 122 valence electrons. The summed E-state index contributed by atoms with van der Waals surface area (Å²) in [5.74, 6) is 0.256. The van der Waals surface area contributed by atoms with E-state index in [0.29, 0.717) is 22.7 Å². The summed E-state index contributed by atoms with van der Waals surface area (Å²) in [6.07, 6.45) is 2.45. The van der Waals surface area contributed by atoms with Crippen molar-refractivity contribution in [3.8, 4) is 0 Å². The molecule has 1 saturated carbocycles. The van der Waals surface area contributed by atoms with Crippen molar-refractivity contribution in [2.75, 3.05) is 37.8 Å². The number of rotatable bonds is 4. The van der Waals surface area contributed by atoms with Gasteiger partial charge in [0.1, 0.15) is 5.71 Å². The Morgan fingerprint density at radius 1 is 1.48 bits per heavy atom. The van der Waals surface area contributed by atoms with Crippen molar-refractivity contribution >= 4 is 23.0 Å². The Balaban J connectivity index is 1.48. The summed E-state index contributed by atoms with van der Waals surface area (Å²) in [4.78, 5) is 16.9. The number of anilines is 2. The van der Waals surface area contributed by atoms with E-state index in [2.05, 4.69) is 10.2 Å². The van der Waals surface area contributed by atoms with Crippen LogP contribution < -0.4 is 16.0 Å². The Morgan fingerprint density at radius 2 is 2.26 bits per heavy atom. The summed E-state index contributed by atoms with van der Waals surface area (Å²) in [6, 6.07) is 5.63. The van der Waals surface area contributed by atoms with Gasteiger partial charge >= 0.3 is 0 Å². The highest BCUT2D eigenvalue weighted by atomic mass is 16.2. The fourth-order valence-electron chi connectivity index (χ4n) is 4.26. The lowest BCUT2D eigenvalue weighted by molar-refractivity contribution is -0.115. The molecular weight excluding hydrogens is 290 g/mol. The molecule has 3 aliphatic rings. The summed E-state index contributed by atoms with van der Waals surface area (Å²) in [5.41, 5.74) is 8.23. The number of nitrogen functional groups attached to an aromatic ring is 1. The van der Waals surface area contributed by atoms with E-state index < -0.39 is 0 Å². The van der Waals surface area contributed by atoms with Gasteiger partial charge in [0, 0.05) is 61.6 Å². The van der Waals surface area contributed by atoms with Crippen molar-refractivity contribution in [3.05, 3.63) is 23.8 Å². The van der Waals surface area contributed by atoms with Crippen molar-refractivity contribution in [1.29, 1.82) is 5.41 Å². The van der Waals surface area contributed by atoms with Crippen molar-refractivity contribution < 1.29 is 4.79 Å². The van der Waals surface area contributed by atoms with Gasteiger partial charge in [-0.25, -0.2) is 0 Å². The number of amides is 1. The van der Waals surface area contributed by atoms with Gasteiger partial charge in [-0.2, -0.15) is 0 Å². The molecule has 2 heterocycles. The van der Waals surface area contributed by atoms with E-state index in [9.17, 15) is 4.79 Å². The molecule has 4 atom stereocenters. The average Bonchev–Trinajstić information content (AvgIpc) is 3.17. The van der Waals surface area contributed by atoms with Crippen LogP contribution in [0.2, 0.25) is 0 Å². The van der Waals surface area contributed by atoms with Crippen LogP contribution in [0.4, 0.5) is 11.4 Å². The van der Waals surface area contributed by atoms with Crippen LogP contribution in [0.25, 0.3) is 0 Å². The van der Waals surface area contributed by atoms with Crippen LogP contribution in [0.15, 0.2) is 18.2 Å². The highest BCUT2D eigenvalue weighted by molar-refractivity contribution is 6.45. The van der Waals surface area contributed by atoms with E-state index >= 15 is 0 Å². The minimum absolute atomic E-state index is 0.0462. The molecule has 3 unspecified atom stereocenters. The highest BCUT2D eigenvalue weighted by Crippen LogP contribution is 2.59. The molecule has 1 amide bonds. The van der Waals surface area contributed by atoms with Gasteiger partial charge in [-0.3, -0.25) is 15.1 Å². The molecule has 0 bridgehead atoms. The van der Waals surface area contributed by atoms with Crippen molar-refractivity contribution in [3.63, 3.8) is 0 Å². The monoisotopic (exact) mass is 313 g/mol. The number of nitrogens with zero attached hydrogens (tertiary/aromatic N) is 2. The van der Waals surface area contributed by atoms with Crippen molar-refractivity contribution in [1.82, 2.24) is 10.2 Å². The second kappa shape index (κ2) is 4.71. The van der Waals surface area contributed by atoms with E-state index in [-0.39, 0.29) is 17.7 Å². The maximum atomic E-state index is 12.5. The lowest BCUT2D eigenvalue weighted by Gasteiger charge is -2.36. The largest absolute Gasteiger partial charge is 0.398 e. The molecule has 3 fully saturated rings. The number of nitrogens with one attached hydrogen (secondary N) is 2. The van der Waals surface area contributed by atoms with Crippen LogP contribution in [0.5, 0.6) is 0 Å². The SMILES string of the molecule is CN(C)c1ccc(N)c(C(=N)C(=O)N[C@@H]2CN3CC34CCC24)c1. The second-order valence-electron chi connectivity index (χ2n) is 7.25. The molecule has 0 radical (unpaired) electrons. The molecule has 6 nitrogen and oxygen atoms in total. The molecule has 2 aliphatic heterocycles. The summed E-state index contributed by atoms with van der Waals surface area (Å²) in [7, 11) is 3.85. The van der Waals surface area contributed by atoms with Gasteiger partial charge in [-0.1, -0.05) is 0 Å². The Bertz CT molecular complexity index is 696. The maximum Gasteiger partial charge on any atom is 0.270 e. The third-order valence-electron chi connectivity index (χ3n) is 5.84. The van der Waals surface area contributed by atoms with E-state index in [4.69, 9.17) is 11.1 Å². The Labute approximate surface area is 136 Å². The number of hydrogen-bond donors (Lipinski definition) is 3. The van der Waals surface area contributed by atoms with Gasteiger partial charge in [0.05, 0.1) is 0 Å². The van der Waals surface area contributed by atoms with Crippen LogP contribution in [0.1, 0.15) is 18.4 Å². The maximum absolute atomic E-state index is 12.5. The predicted octanol–water partition coefficient (Wildman–Crippen LogP) is 0.665. The van der Waals surface area contributed by atoms with Crippen LogP contribution in [-0.4, -0.2) is 55.3 Å². The zero-order valence-corrected chi connectivity index (χ0v) is 13.6. The van der Waals surface area contributed by atoms with Gasteiger partial charge < -0.3 is 16.0 Å². The predicted molar refractivity (Wildman–Crippen MR) is 91.0 cm³/mol. The number of benzene rings is 1. The molecule has 0 aromatic heterocycles. The van der Waals surface area contributed by atoms with Crippen molar-refractivity contribution in [2.45, 2.75) is 24.4 Å². The Morgan fingerprint density at radius 3 is 2.87 bits per heavy atom. The van der Waals surface area contributed by atoms with Crippen LogP contribution in [0.3, 0.4) is 0 Å². The minimum Gasteiger partial charge on any atom is -0.398 e. The number of nitrogens with two attached hydrogens (primary N) is 1. The number of hydrogen-bond acceptors (Lipinski definition) is 5. The van der Waals surface area contributed by atoms with Crippen LogP contribution in [-0.2, 0) is 4.79 Å². The number of carbonyl (C=O) groups excluding carboxylic acids is 1. The zero-order chi connectivity index (χ0) is 16.4. The standard InChI is InChI=1S/C17H23N5O/c1-21(2)10-3-4-13(18)11(7-10)15(19)16(23)20-14-8-22-9-17(22)6-5-12(14)17/h3-4,7,12,14,19H,5-6,8-9,18H2,1-2H3,(H,20,23)/t12?,14-,17?,22?/m1/s1. The molecule has 1 aromatic rings. The third kappa shape index (κ3) is 2.05. The smallest absolute Gasteiger partial charge is 0.270 e. The van der Waals surface area contributed by atoms with E-state index in [0.717, 1.165) is 12.2 Å². The topological polar surface area (TPSA) is 85.2 Å². The summed E-state index contributed by atoms with van der Waals surface area (Å²) in [5, 5.41) is 11.3. The molecule has 4 rings (SSSR count). The van der Waals surface area contributed by atoms with Crippen molar-refractivity contribution in [2.24, 2.45) is 5.92 Å². The molecule has 1 aliphatic carbocycles. The highest BCUT2D eigenvalue weighted by Gasteiger charge is 2.69. The lowest BCUT2D eigenvalue weighted by Crippen LogP contribution is -2.50. The van der Waals surface area contributed by atoms with Gasteiger partial charge in [0.15, 0.2) is 0 Å². The minimum atomic E-state index is -0.317. The lowest BCUT2D eigenvalue weighted by atomic mass is 9.70. The van der Waals surface area contributed by atoms with Gasteiger partial charge in [0.25, 0.3) is 5.91 Å². The summed E-state index contributed by atoms with van der Waals surface area (Å²) < 4.78 is 0. The molecule has 1 spiro atoms. The fourth-order valence-corrected chi connectivity index (χ4v) is 4.26. The summed E-state index contributed by atoms with van der Waals surface area (Å²) >= 11 is 0. The van der Waals surface area contributed by atoms with E-state index in [1.54, 1.807) is 12.1 Å². The molecule has 1 aromatic carbocycles. The summed E-state index contributed by atoms with van der Waals surface area (Å²) in [6.45, 7) is 2.12. The molecule has 2 saturated heterocycles. The molecular formula is C17H23N5O. The quantitative estimate of drug-likeness (QED) is 0.433. The first-order chi connectivity index (χ1) is 10.9. The zero-order valence-electron chi connectivity index (χ0n) is 13.6. The average molecular weight is 313 g/mol. The van der Waals surface area contributed by atoms with E-state index in [1.165, 1.54) is 19.4 Å². The Hall–Kier alpha value is -2.08.